The van der Waals surface area contributed by atoms with E-state index in [2.05, 4.69) is 46.8 Å². The highest BCUT2D eigenvalue weighted by Crippen LogP contribution is 2.27. The summed E-state index contributed by atoms with van der Waals surface area (Å²) in [5, 5.41) is 10.8. The number of ether oxygens (including phenoxy) is 3. The van der Waals surface area contributed by atoms with Gasteiger partial charge in [-0.15, -0.1) is 0 Å². The minimum atomic E-state index is -0.593. The van der Waals surface area contributed by atoms with E-state index in [1.807, 2.05) is 18.2 Å². The van der Waals surface area contributed by atoms with Gasteiger partial charge in [0.15, 0.2) is 16.6 Å². The Kier molecular flexibility index (Phi) is 15.0. The summed E-state index contributed by atoms with van der Waals surface area (Å²) in [6.07, 6.45) is 7.75. The van der Waals surface area contributed by atoms with Gasteiger partial charge < -0.3 is 29.1 Å². The number of hydrogen-bond acceptors (Lipinski definition) is 12. The molecule has 256 valence electrons. The zero-order chi connectivity index (χ0) is 33.6. The first-order valence-electron chi connectivity index (χ1n) is 15.8. The van der Waals surface area contributed by atoms with Crippen molar-refractivity contribution in [2.24, 2.45) is 0 Å². The second-order valence-electron chi connectivity index (χ2n) is 11.6. The molecular weight excluding hydrogens is 645 g/mol. The summed E-state index contributed by atoms with van der Waals surface area (Å²) in [6, 6.07) is 10.8. The molecule has 2 saturated heterocycles. The fourth-order valence-electron chi connectivity index (χ4n) is 6.00. The molecule has 2 aromatic heterocycles. The van der Waals surface area contributed by atoms with Crippen LogP contribution in [0.1, 0.15) is 47.4 Å². The Morgan fingerprint density at radius 3 is 2.02 bits per heavy atom. The second kappa shape index (κ2) is 19.1. The molecule has 2 fully saturated rings. The number of aliphatic hydroxyl groups is 1. The molecule has 2 aliphatic rings. The van der Waals surface area contributed by atoms with E-state index in [0.29, 0.717) is 67.9 Å². The minimum absolute atomic E-state index is 0.153. The highest BCUT2D eigenvalue weighted by atomic mass is 35.5. The molecular formula is C33H45Cl2N7O5. The lowest BCUT2D eigenvalue weighted by molar-refractivity contribution is 0.0335. The average molecular weight is 691 g/mol. The fraction of sp³-hybridized carbons (Fsp3) is 0.545. The quantitative estimate of drug-likeness (QED) is 0.229. The van der Waals surface area contributed by atoms with Crippen molar-refractivity contribution in [2.75, 3.05) is 70.6 Å². The van der Waals surface area contributed by atoms with E-state index in [-0.39, 0.29) is 17.5 Å². The Morgan fingerprint density at radius 2 is 1.49 bits per heavy atom. The van der Waals surface area contributed by atoms with Gasteiger partial charge in [-0.05, 0) is 31.2 Å². The lowest BCUT2D eigenvalue weighted by Gasteiger charge is -2.27. The van der Waals surface area contributed by atoms with Gasteiger partial charge >= 0.3 is 0 Å². The number of nitrogens with zero attached hydrogens (tertiary/aromatic N) is 7. The summed E-state index contributed by atoms with van der Waals surface area (Å²) >= 11 is 12.4. The van der Waals surface area contributed by atoms with Crippen molar-refractivity contribution in [1.82, 2.24) is 24.8 Å². The highest BCUT2D eigenvalue weighted by molar-refractivity contribution is 6.31. The van der Waals surface area contributed by atoms with E-state index in [4.69, 9.17) is 37.4 Å². The van der Waals surface area contributed by atoms with Gasteiger partial charge in [0.05, 0.1) is 56.1 Å². The third-order valence-electron chi connectivity index (χ3n) is 8.15. The first-order chi connectivity index (χ1) is 22.9. The molecule has 0 radical (unpaired) electrons. The van der Waals surface area contributed by atoms with Crippen LogP contribution < -0.4 is 9.80 Å². The van der Waals surface area contributed by atoms with Crippen molar-refractivity contribution >= 4 is 41.1 Å². The van der Waals surface area contributed by atoms with E-state index < -0.39 is 6.10 Å². The lowest BCUT2D eigenvalue weighted by atomic mass is 10.2. The Morgan fingerprint density at radius 1 is 0.894 bits per heavy atom. The summed E-state index contributed by atoms with van der Waals surface area (Å²) < 4.78 is 15.6. The van der Waals surface area contributed by atoms with Gasteiger partial charge in [0.25, 0.3) is 0 Å². The topological polar surface area (TPSA) is 126 Å². The monoisotopic (exact) mass is 689 g/mol. The molecule has 0 amide bonds. The number of hydrogen-bond donors (Lipinski definition) is 1. The number of halogens is 2. The van der Waals surface area contributed by atoms with Crippen molar-refractivity contribution < 1.29 is 24.1 Å². The first kappa shape index (κ1) is 36.9. The van der Waals surface area contributed by atoms with E-state index in [0.717, 1.165) is 50.2 Å². The fourth-order valence-corrected chi connectivity index (χ4v) is 6.37. The number of aldehydes is 1. The van der Waals surface area contributed by atoms with Gasteiger partial charge in [-0.25, -0.2) is 15.0 Å². The second-order valence-corrected chi connectivity index (χ2v) is 12.4. The molecule has 3 aromatic rings. The predicted octanol–water partition coefficient (Wildman–Crippen LogP) is 4.31. The minimum Gasteiger partial charge on any atom is -0.389 e. The number of rotatable bonds is 15. The number of aromatic nitrogens is 4. The van der Waals surface area contributed by atoms with Crippen LogP contribution in [-0.4, -0.2) is 115 Å². The van der Waals surface area contributed by atoms with E-state index in [1.165, 1.54) is 0 Å². The van der Waals surface area contributed by atoms with Gasteiger partial charge in [0, 0.05) is 54.1 Å². The van der Waals surface area contributed by atoms with Crippen molar-refractivity contribution in [3.05, 3.63) is 70.0 Å². The van der Waals surface area contributed by atoms with Crippen LogP contribution in [0.3, 0.4) is 0 Å². The van der Waals surface area contributed by atoms with Crippen LogP contribution >= 0.6 is 23.2 Å². The number of methoxy groups -OCH3 is 3. The molecule has 2 aliphatic heterocycles. The van der Waals surface area contributed by atoms with E-state index in [1.54, 1.807) is 33.7 Å². The van der Waals surface area contributed by atoms with Gasteiger partial charge in [-0.3, -0.25) is 14.7 Å². The summed E-state index contributed by atoms with van der Waals surface area (Å²) in [4.78, 5) is 34.5. The molecule has 0 spiro atoms. The molecule has 1 N–H and O–H groups in total. The summed E-state index contributed by atoms with van der Waals surface area (Å²) in [7, 11) is 4.99. The Labute approximate surface area is 287 Å². The van der Waals surface area contributed by atoms with Gasteiger partial charge in [0.2, 0.25) is 0 Å². The molecule has 0 bridgehead atoms. The number of carbonyl (C=O) groups is 1. The van der Waals surface area contributed by atoms with Crippen LogP contribution in [0.2, 0.25) is 10.3 Å². The van der Waals surface area contributed by atoms with Gasteiger partial charge in [0.1, 0.15) is 17.3 Å². The molecule has 12 nitrogen and oxygen atoms in total. The van der Waals surface area contributed by atoms with Crippen LogP contribution in [0.4, 0.5) is 11.6 Å². The summed E-state index contributed by atoms with van der Waals surface area (Å²) in [6.45, 7) is 5.07. The lowest BCUT2D eigenvalue weighted by Crippen LogP contribution is -2.35. The Hall–Kier alpha value is -2.97. The number of benzene rings is 1. The van der Waals surface area contributed by atoms with Crippen LogP contribution in [-0.2, 0) is 27.3 Å². The summed E-state index contributed by atoms with van der Waals surface area (Å²) in [5.41, 5.74) is 2.03. The van der Waals surface area contributed by atoms with Gasteiger partial charge in [-0.1, -0.05) is 53.5 Å². The molecule has 1 aromatic carbocycles. The van der Waals surface area contributed by atoms with Crippen molar-refractivity contribution in [3.8, 4) is 0 Å². The third-order valence-corrected chi connectivity index (χ3v) is 8.73. The molecule has 0 saturated carbocycles. The van der Waals surface area contributed by atoms with Crippen molar-refractivity contribution in [2.45, 2.75) is 57.0 Å². The maximum Gasteiger partial charge on any atom is 0.171 e. The zero-order valence-electron chi connectivity index (χ0n) is 27.3. The standard InChI is InChI=1S/C22H31ClN4O3.C11H14ClN3O2/c1-29-15-18-9-6-10-27(18)21-11-24-20(22(23)25-21)14-26(13-19(28)16-30-2)12-17-7-4-3-5-8-17;1-17-7-8-3-2-4-15(8)10-5-13-9(6-16)11(12)14-10/h3-5,7-8,11,18-19,28H,6,9-10,12-16H2,1-2H3;5-6,8H,2-4,7H2,1H3/t18?,19-;/m1./s1. The van der Waals surface area contributed by atoms with Crippen LogP contribution in [0.5, 0.6) is 0 Å². The number of carbonyl (C=O) groups excluding carboxylic acids is 1. The highest BCUT2D eigenvalue weighted by Gasteiger charge is 2.27. The van der Waals surface area contributed by atoms with Crippen molar-refractivity contribution in [3.63, 3.8) is 0 Å². The maximum absolute atomic E-state index is 10.6. The van der Waals surface area contributed by atoms with Crippen LogP contribution in [0.15, 0.2) is 42.7 Å². The largest absolute Gasteiger partial charge is 0.389 e. The average Bonchev–Trinajstić information content (AvgIpc) is 3.73. The Bertz CT molecular complexity index is 1390. The molecule has 0 aliphatic carbocycles. The molecule has 5 rings (SSSR count). The van der Waals surface area contributed by atoms with E-state index >= 15 is 0 Å². The van der Waals surface area contributed by atoms with Crippen LogP contribution in [0, 0.1) is 0 Å². The van der Waals surface area contributed by atoms with E-state index in [9.17, 15) is 9.90 Å². The maximum atomic E-state index is 10.6. The number of aliphatic hydroxyl groups excluding tert-OH is 1. The molecule has 14 heteroatoms. The SMILES string of the molecule is COCC1CCCN1c1cnc(C=O)c(Cl)n1.COCC1CCCN1c1cnc(CN(Cc2ccccc2)C[C@@H](O)COC)c(Cl)n1. The first-order valence-corrected chi connectivity index (χ1v) is 16.6. The smallest absolute Gasteiger partial charge is 0.171 e. The molecule has 47 heavy (non-hydrogen) atoms. The molecule has 2 unspecified atom stereocenters. The van der Waals surface area contributed by atoms with Crippen molar-refractivity contribution in [1.29, 1.82) is 0 Å². The van der Waals surface area contributed by atoms with Gasteiger partial charge in [-0.2, -0.15) is 0 Å². The normalized spacial score (nSPS) is 18.4. The number of anilines is 2. The van der Waals surface area contributed by atoms with Crippen LogP contribution in [0.25, 0.3) is 0 Å². The summed E-state index contributed by atoms with van der Waals surface area (Å²) in [5.74, 6) is 1.50. The third kappa shape index (κ3) is 10.8. The predicted molar refractivity (Wildman–Crippen MR) is 182 cm³/mol. The Balaban J connectivity index is 0.000000248. The molecule has 3 atom stereocenters. The molecule has 4 heterocycles. The zero-order valence-corrected chi connectivity index (χ0v) is 28.8.